The normalized spacial score (nSPS) is 23.3. The number of sulfonamides is 1. The molecule has 2 atom stereocenters. The number of hydrogen-bond donors (Lipinski definition) is 1. The molecule has 0 amide bonds. The molecule has 1 aromatic rings. The highest BCUT2D eigenvalue weighted by molar-refractivity contribution is 7.89. The molecule has 0 saturated carbocycles. The summed E-state index contributed by atoms with van der Waals surface area (Å²) in [6.07, 6.45) is 0.517. The van der Waals surface area contributed by atoms with Crippen LogP contribution in [-0.4, -0.2) is 19.3 Å². The maximum Gasteiger partial charge on any atom is 0.212 e. The monoisotopic (exact) mass is 287 g/mol. The Morgan fingerprint density at radius 2 is 2.11 bits per heavy atom. The molecule has 2 rings (SSSR count). The maximum atomic E-state index is 13.3. The molecule has 0 saturated heterocycles. The molecule has 1 aromatic carbocycles. The molecule has 106 valence electrons. The van der Waals surface area contributed by atoms with Crippen molar-refractivity contribution in [2.75, 3.05) is 0 Å². The lowest BCUT2D eigenvalue weighted by Crippen LogP contribution is -2.41. The topological polar surface area (TPSA) is 69.4 Å². The van der Waals surface area contributed by atoms with Crippen LogP contribution >= 0.6 is 0 Å². The minimum Gasteiger partial charge on any atom is -0.487 e. The number of nitrogens with two attached hydrogens (primary N) is 1. The molecule has 6 heteroatoms. The maximum absolute atomic E-state index is 13.3. The fourth-order valence-corrected chi connectivity index (χ4v) is 3.23. The summed E-state index contributed by atoms with van der Waals surface area (Å²) in [7, 11) is -3.65. The summed E-state index contributed by atoms with van der Waals surface area (Å²) >= 11 is 0. The van der Waals surface area contributed by atoms with Gasteiger partial charge in [0.1, 0.15) is 17.2 Å². The van der Waals surface area contributed by atoms with Crippen molar-refractivity contribution in [3.05, 3.63) is 29.6 Å². The number of halogens is 1. The molecule has 19 heavy (non-hydrogen) atoms. The fraction of sp³-hybridized carbons (Fsp3) is 0.538. The van der Waals surface area contributed by atoms with Crippen LogP contribution in [0.5, 0.6) is 5.75 Å². The van der Waals surface area contributed by atoms with E-state index in [-0.39, 0.29) is 5.92 Å². The first-order valence-corrected chi connectivity index (χ1v) is 7.71. The van der Waals surface area contributed by atoms with Gasteiger partial charge < -0.3 is 4.74 Å². The minimum atomic E-state index is -3.65. The van der Waals surface area contributed by atoms with Crippen LogP contribution < -0.4 is 9.88 Å². The number of primary sulfonamides is 1. The Morgan fingerprint density at radius 1 is 1.47 bits per heavy atom. The van der Waals surface area contributed by atoms with Crippen LogP contribution in [0.2, 0.25) is 0 Å². The lowest BCUT2D eigenvalue weighted by molar-refractivity contribution is 0.0712. The van der Waals surface area contributed by atoms with Gasteiger partial charge in [-0.05, 0) is 38.8 Å². The van der Waals surface area contributed by atoms with Crippen molar-refractivity contribution in [1.82, 2.24) is 0 Å². The van der Waals surface area contributed by atoms with Gasteiger partial charge in [0.15, 0.2) is 0 Å². The zero-order valence-corrected chi connectivity index (χ0v) is 12.0. The molecule has 0 fully saturated rings. The molecule has 1 aliphatic heterocycles. The van der Waals surface area contributed by atoms with Gasteiger partial charge in [-0.1, -0.05) is 6.07 Å². The molecule has 0 aromatic heterocycles. The minimum absolute atomic E-state index is 0.297. The van der Waals surface area contributed by atoms with E-state index in [0.717, 1.165) is 0 Å². The van der Waals surface area contributed by atoms with Crippen LogP contribution in [0.1, 0.15) is 38.7 Å². The molecule has 0 bridgehead atoms. The van der Waals surface area contributed by atoms with E-state index in [1.807, 2.05) is 13.8 Å². The SMILES string of the molecule is C[C@H]([C@H]1CC(C)(C)Oc2cc(F)ccc21)S(N)(=O)=O. The second-order valence-electron chi connectivity index (χ2n) is 5.65. The summed E-state index contributed by atoms with van der Waals surface area (Å²) in [5.74, 6) is -0.301. The van der Waals surface area contributed by atoms with Crippen molar-refractivity contribution < 1.29 is 17.5 Å². The summed E-state index contributed by atoms with van der Waals surface area (Å²) in [6, 6.07) is 4.18. The second-order valence-corrected chi connectivity index (χ2v) is 7.57. The Hall–Kier alpha value is -1.14. The summed E-state index contributed by atoms with van der Waals surface area (Å²) in [4.78, 5) is 0. The van der Waals surface area contributed by atoms with Gasteiger partial charge in [0.25, 0.3) is 0 Å². The van der Waals surface area contributed by atoms with Gasteiger partial charge in [-0.3, -0.25) is 0 Å². The van der Waals surface area contributed by atoms with Crippen LogP contribution in [0, 0.1) is 5.82 Å². The van der Waals surface area contributed by atoms with E-state index in [0.29, 0.717) is 17.7 Å². The zero-order chi connectivity index (χ0) is 14.4. The largest absolute Gasteiger partial charge is 0.487 e. The summed E-state index contributed by atoms with van der Waals surface area (Å²) in [5.41, 5.74) is 0.145. The molecule has 1 aliphatic rings. The van der Waals surface area contributed by atoms with Crippen LogP contribution in [0.25, 0.3) is 0 Å². The fourth-order valence-electron chi connectivity index (χ4n) is 2.53. The Labute approximate surface area is 112 Å². The third-order valence-electron chi connectivity index (χ3n) is 3.56. The second kappa shape index (κ2) is 4.45. The van der Waals surface area contributed by atoms with Crippen LogP contribution in [-0.2, 0) is 10.0 Å². The van der Waals surface area contributed by atoms with Crippen molar-refractivity contribution in [1.29, 1.82) is 0 Å². The standard InChI is InChI=1S/C13H18FNO3S/c1-8(19(15,16)17)11-7-13(2,3)18-12-6-9(14)4-5-10(11)12/h4-6,8,11H,7H2,1-3H3,(H2,15,16,17)/t8-,11-/m1/s1. The third-order valence-corrected chi connectivity index (χ3v) is 4.92. The van der Waals surface area contributed by atoms with Gasteiger partial charge in [-0.25, -0.2) is 17.9 Å². The number of benzene rings is 1. The Morgan fingerprint density at radius 3 is 2.68 bits per heavy atom. The Kier molecular flexibility index (Phi) is 3.35. The molecule has 2 N–H and O–H groups in total. The van der Waals surface area contributed by atoms with Gasteiger partial charge in [0, 0.05) is 12.0 Å². The molecular weight excluding hydrogens is 269 g/mol. The van der Waals surface area contributed by atoms with Crippen LogP contribution in [0.15, 0.2) is 18.2 Å². The highest BCUT2D eigenvalue weighted by Crippen LogP contribution is 2.43. The van der Waals surface area contributed by atoms with Crippen molar-refractivity contribution in [3.8, 4) is 5.75 Å². The summed E-state index contributed by atoms with van der Waals surface area (Å²) < 4.78 is 42.2. The molecule has 0 unspecified atom stereocenters. The molecule has 0 spiro atoms. The highest BCUT2D eigenvalue weighted by Gasteiger charge is 2.39. The predicted molar refractivity (Wildman–Crippen MR) is 71.0 cm³/mol. The highest BCUT2D eigenvalue weighted by atomic mass is 32.2. The quantitative estimate of drug-likeness (QED) is 0.906. The Balaban J connectivity index is 2.52. The summed E-state index contributed by atoms with van der Waals surface area (Å²) in [6.45, 7) is 5.28. The molecule has 1 heterocycles. The van der Waals surface area contributed by atoms with E-state index in [9.17, 15) is 12.8 Å². The molecule has 0 aliphatic carbocycles. The van der Waals surface area contributed by atoms with Crippen LogP contribution in [0.3, 0.4) is 0 Å². The predicted octanol–water partition coefficient (Wildman–Crippen LogP) is 2.15. The molecule has 0 radical (unpaired) electrons. The molecule has 4 nitrogen and oxygen atoms in total. The van der Waals surface area contributed by atoms with Crippen LogP contribution in [0.4, 0.5) is 4.39 Å². The smallest absolute Gasteiger partial charge is 0.212 e. The van der Waals surface area contributed by atoms with Gasteiger partial charge in [-0.15, -0.1) is 0 Å². The zero-order valence-electron chi connectivity index (χ0n) is 11.2. The first kappa shape index (κ1) is 14.3. The van der Waals surface area contributed by atoms with E-state index in [1.54, 1.807) is 13.0 Å². The lowest BCUT2D eigenvalue weighted by atomic mass is 9.82. The number of rotatable bonds is 2. The lowest BCUT2D eigenvalue weighted by Gasteiger charge is -2.39. The average molecular weight is 287 g/mol. The van der Waals surface area contributed by atoms with Gasteiger partial charge >= 0.3 is 0 Å². The van der Waals surface area contributed by atoms with E-state index < -0.39 is 26.7 Å². The average Bonchev–Trinajstić information content (AvgIpc) is 2.23. The van der Waals surface area contributed by atoms with Crippen molar-refractivity contribution in [3.63, 3.8) is 0 Å². The third kappa shape index (κ3) is 2.90. The van der Waals surface area contributed by atoms with E-state index in [1.165, 1.54) is 12.1 Å². The Bertz CT molecular complexity index is 598. The van der Waals surface area contributed by atoms with E-state index in [2.05, 4.69) is 0 Å². The van der Waals surface area contributed by atoms with Gasteiger partial charge in [0.2, 0.25) is 10.0 Å². The number of hydrogen-bond acceptors (Lipinski definition) is 3. The summed E-state index contributed by atoms with van der Waals surface area (Å²) in [5, 5.41) is 4.51. The first-order chi connectivity index (χ1) is 8.60. The number of ether oxygens (including phenoxy) is 1. The van der Waals surface area contributed by atoms with E-state index in [4.69, 9.17) is 9.88 Å². The number of fused-ring (bicyclic) bond motifs is 1. The van der Waals surface area contributed by atoms with Gasteiger partial charge in [-0.2, -0.15) is 0 Å². The van der Waals surface area contributed by atoms with Crippen molar-refractivity contribution in [2.45, 2.75) is 44.0 Å². The van der Waals surface area contributed by atoms with Crippen molar-refractivity contribution >= 4 is 10.0 Å². The van der Waals surface area contributed by atoms with Crippen molar-refractivity contribution in [2.24, 2.45) is 5.14 Å². The van der Waals surface area contributed by atoms with Gasteiger partial charge in [0.05, 0.1) is 5.25 Å². The molecular formula is C13H18FNO3S. The van der Waals surface area contributed by atoms with E-state index >= 15 is 0 Å². The first-order valence-electron chi connectivity index (χ1n) is 6.10.